The first-order valence-corrected chi connectivity index (χ1v) is 5.59. The van der Waals surface area contributed by atoms with Crippen LogP contribution in [0.5, 0.6) is 5.75 Å². The molecule has 0 unspecified atom stereocenters. The lowest BCUT2D eigenvalue weighted by Crippen LogP contribution is -2.43. The molecule has 0 aliphatic carbocycles. The molecule has 4 heteroatoms. The number of amides is 1. The third-order valence-corrected chi connectivity index (χ3v) is 2.74. The minimum Gasteiger partial charge on any atom is -0.508 e. The second-order valence-electron chi connectivity index (χ2n) is 4.04. The van der Waals surface area contributed by atoms with Gasteiger partial charge in [0.05, 0.1) is 6.04 Å². The number of carbonyl (C=O) groups excluding carboxylic acids is 1. The van der Waals surface area contributed by atoms with Crippen molar-refractivity contribution in [2.45, 2.75) is 25.3 Å². The molecule has 1 aliphatic rings. The molecule has 0 aromatic heterocycles. The van der Waals surface area contributed by atoms with Crippen LogP contribution in [-0.2, 0) is 4.79 Å². The lowest BCUT2D eigenvalue weighted by atomic mass is 10.0. The number of rotatable bonds is 2. The maximum atomic E-state index is 11.8. The summed E-state index contributed by atoms with van der Waals surface area (Å²) in [6.07, 6.45) is 3.10. The predicted molar refractivity (Wildman–Crippen MR) is 62.4 cm³/mol. The molecule has 1 saturated heterocycles. The zero-order chi connectivity index (χ0) is 11.4. The Morgan fingerprint density at radius 1 is 1.44 bits per heavy atom. The van der Waals surface area contributed by atoms with Gasteiger partial charge in [-0.15, -0.1) is 0 Å². The van der Waals surface area contributed by atoms with Gasteiger partial charge in [-0.05, 0) is 31.5 Å². The number of benzene rings is 1. The number of nitrogens with one attached hydrogen (secondary N) is 2. The molecule has 0 bridgehead atoms. The number of phenolic OH excluding ortho intramolecular Hbond substituents is 1. The summed E-state index contributed by atoms with van der Waals surface area (Å²) < 4.78 is 0. The van der Waals surface area contributed by atoms with Crippen LogP contribution in [0.4, 0.5) is 5.69 Å². The Morgan fingerprint density at radius 2 is 2.31 bits per heavy atom. The summed E-state index contributed by atoms with van der Waals surface area (Å²) in [6.45, 7) is 0.901. The van der Waals surface area contributed by atoms with E-state index in [1.54, 1.807) is 24.3 Å². The van der Waals surface area contributed by atoms with Gasteiger partial charge in [-0.2, -0.15) is 0 Å². The summed E-state index contributed by atoms with van der Waals surface area (Å²) in [5.74, 6) is 0.139. The molecule has 1 aromatic rings. The van der Waals surface area contributed by atoms with E-state index in [0.29, 0.717) is 5.69 Å². The number of hydrogen-bond donors (Lipinski definition) is 3. The molecular formula is C12H16N2O2. The Hall–Kier alpha value is -1.55. The van der Waals surface area contributed by atoms with Crippen molar-refractivity contribution in [2.75, 3.05) is 11.9 Å². The van der Waals surface area contributed by atoms with Crippen LogP contribution in [0, 0.1) is 0 Å². The lowest BCUT2D eigenvalue weighted by Gasteiger charge is -2.22. The molecule has 0 radical (unpaired) electrons. The molecule has 4 nitrogen and oxygen atoms in total. The highest BCUT2D eigenvalue weighted by Crippen LogP contribution is 2.16. The van der Waals surface area contributed by atoms with E-state index in [-0.39, 0.29) is 17.7 Å². The van der Waals surface area contributed by atoms with Gasteiger partial charge in [-0.3, -0.25) is 4.79 Å². The van der Waals surface area contributed by atoms with Crippen molar-refractivity contribution < 1.29 is 9.90 Å². The van der Waals surface area contributed by atoms with Gasteiger partial charge in [0.25, 0.3) is 0 Å². The summed E-state index contributed by atoms with van der Waals surface area (Å²) in [4.78, 5) is 11.8. The van der Waals surface area contributed by atoms with Gasteiger partial charge in [0, 0.05) is 11.8 Å². The third-order valence-electron chi connectivity index (χ3n) is 2.74. The van der Waals surface area contributed by atoms with Gasteiger partial charge in [-0.25, -0.2) is 0 Å². The van der Waals surface area contributed by atoms with Crippen molar-refractivity contribution in [3.05, 3.63) is 24.3 Å². The smallest absolute Gasteiger partial charge is 0.241 e. The Balaban J connectivity index is 1.96. The topological polar surface area (TPSA) is 61.4 Å². The summed E-state index contributed by atoms with van der Waals surface area (Å²) in [5.41, 5.74) is 0.636. The van der Waals surface area contributed by atoms with Crippen LogP contribution >= 0.6 is 0 Å². The standard InChI is InChI=1S/C12H16N2O2/c15-10-5-3-4-9(8-10)14-12(16)11-6-1-2-7-13-11/h3-5,8,11,13,15H,1-2,6-7H2,(H,14,16)/t11-/m0/s1. The van der Waals surface area contributed by atoms with Gasteiger partial charge in [0.1, 0.15) is 5.75 Å². The lowest BCUT2D eigenvalue weighted by molar-refractivity contribution is -0.118. The Kier molecular flexibility index (Phi) is 3.41. The van der Waals surface area contributed by atoms with E-state index in [1.165, 1.54) is 0 Å². The van der Waals surface area contributed by atoms with Gasteiger partial charge < -0.3 is 15.7 Å². The average Bonchev–Trinajstić information content (AvgIpc) is 2.30. The summed E-state index contributed by atoms with van der Waals surface area (Å²) in [6, 6.07) is 6.49. The monoisotopic (exact) mass is 220 g/mol. The molecule has 0 spiro atoms. The highest BCUT2D eigenvalue weighted by atomic mass is 16.3. The molecule has 1 aliphatic heterocycles. The molecule has 0 saturated carbocycles. The van der Waals surface area contributed by atoms with Crippen LogP contribution in [-0.4, -0.2) is 23.6 Å². The molecule has 1 amide bonds. The number of carbonyl (C=O) groups is 1. The summed E-state index contributed by atoms with van der Waals surface area (Å²) in [7, 11) is 0. The SMILES string of the molecule is O=C(Nc1cccc(O)c1)[C@@H]1CCCCN1. The first-order valence-electron chi connectivity index (χ1n) is 5.59. The van der Waals surface area contributed by atoms with Crippen LogP contribution in [0.3, 0.4) is 0 Å². The van der Waals surface area contributed by atoms with Crippen molar-refractivity contribution >= 4 is 11.6 Å². The molecule has 86 valence electrons. The van der Waals surface area contributed by atoms with Gasteiger partial charge in [-0.1, -0.05) is 12.5 Å². The molecule has 1 atom stereocenters. The minimum atomic E-state index is -0.101. The second kappa shape index (κ2) is 4.99. The van der Waals surface area contributed by atoms with Crippen molar-refractivity contribution in [3.8, 4) is 5.75 Å². The number of phenols is 1. The molecule has 1 aromatic carbocycles. The third kappa shape index (κ3) is 2.73. The van der Waals surface area contributed by atoms with Gasteiger partial charge >= 0.3 is 0 Å². The molecule has 3 N–H and O–H groups in total. The van der Waals surface area contributed by atoms with Crippen molar-refractivity contribution in [3.63, 3.8) is 0 Å². The molecular weight excluding hydrogens is 204 g/mol. The fourth-order valence-corrected chi connectivity index (χ4v) is 1.89. The minimum absolute atomic E-state index is 0.0229. The fraction of sp³-hybridized carbons (Fsp3) is 0.417. The molecule has 16 heavy (non-hydrogen) atoms. The number of hydrogen-bond acceptors (Lipinski definition) is 3. The largest absolute Gasteiger partial charge is 0.508 e. The van der Waals surface area contributed by atoms with E-state index in [1.807, 2.05) is 0 Å². The second-order valence-corrected chi connectivity index (χ2v) is 4.04. The predicted octanol–water partition coefficient (Wildman–Crippen LogP) is 1.47. The number of anilines is 1. The highest BCUT2D eigenvalue weighted by molar-refractivity contribution is 5.95. The van der Waals surface area contributed by atoms with E-state index in [4.69, 9.17) is 0 Å². The molecule has 2 rings (SSSR count). The fourth-order valence-electron chi connectivity index (χ4n) is 1.89. The average molecular weight is 220 g/mol. The molecule has 1 fully saturated rings. The van der Waals surface area contributed by atoms with Crippen molar-refractivity contribution in [2.24, 2.45) is 0 Å². The summed E-state index contributed by atoms with van der Waals surface area (Å²) in [5, 5.41) is 15.2. The Labute approximate surface area is 94.7 Å². The maximum absolute atomic E-state index is 11.8. The van der Waals surface area contributed by atoms with Crippen LogP contribution in [0.1, 0.15) is 19.3 Å². The van der Waals surface area contributed by atoms with Crippen molar-refractivity contribution in [1.82, 2.24) is 5.32 Å². The first-order chi connectivity index (χ1) is 7.75. The molecule has 1 heterocycles. The van der Waals surface area contributed by atoms with E-state index in [9.17, 15) is 9.90 Å². The Bertz CT molecular complexity index is 373. The van der Waals surface area contributed by atoms with Crippen LogP contribution in [0.15, 0.2) is 24.3 Å². The zero-order valence-corrected chi connectivity index (χ0v) is 9.07. The quantitative estimate of drug-likeness (QED) is 0.707. The van der Waals surface area contributed by atoms with Crippen molar-refractivity contribution in [1.29, 1.82) is 0 Å². The Morgan fingerprint density at radius 3 is 3.00 bits per heavy atom. The van der Waals surface area contributed by atoms with E-state index < -0.39 is 0 Å². The number of piperidine rings is 1. The normalized spacial score (nSPS) is 20.4. The highest BCUT2D eigenvalue weighted by Gasteiger charge is 2.20. The zero-order valence-electron chi connectivity index (χ0n) is 9.07. The van der Waals surface area contributed by atoms with Crippen LogP contribution < -0.4 is 10.6 Å². The summed E-state index contributed by atoms with van der Waals surface area (Å²) >= 11 is 0. The van der Waals surface area contributed by atoms with Gasteiger partial charge in [0.15, 0.2) is 0 Å². The van der Waals surface area contributed by atoms with Crippen LogP contribution in [0.2, 0.25) is 0 Å². The van der Waals surface area contributed by atoms with E-state index >= 15 is 0 Å². The van der Waals surface area contributed by atoms with E-state index in [2.05, 4.69) is 10.6 Å². The van der Waals surface area contributed by atoms with Crippen LogP contribution in [0.25, 0.3) is 0 Å². The number of aromatic hydroxyl groups is 1. The van der Waals surface area contributed by atoms with E-state index in [0.717, 1.165) is 25.8 Å². The first kappa shape index (κ1) is 11.0. The maximum Gasteiger partial charge on any atom is 0.241 e. The van der Waals surface area contributed by atoms with Gasteiger partial charge in [0.2, 0.25) is 5.91 Å².